The Balaban J connectivity index is 2.16. The van der Waals surface area contributed by atoms with Gasteiger partial charge in [-0.2, -0.15) is 0 Å². The van der Waals surface area contributed by atoms with Gasteiger partial charge >= 0.3 is 5.97 Å². The molecule has 3 aliphatic rings. The number of ether oxygens (including phenoxy) is 2. The summed E-state index contributed by atoms with van der Waals surface area (Å²) in [6.45, 7) is 4.12. The van der Waals surface area contributed by atoms with Crippen LogP contribution in [-0.4, -0.2) is 35.9 Å². The maximum atomic E-state index is 12.5. The van der Waals surface area contributed by atoms with Crippen molar-refractivity contribution < 1.29 is 24.2 Å². The van der Waals surface area contributed by atoms with Gasteiger partial charge in [0.15, 0.2) is 0 Å². The van der Waals surface area contributed by atoms with Crippen molar-refractivity contribution in [2.75, 3.05) is 13.2 Å². The molecule has 0 spiro atoms. The summed E-state index contributed by atoms with van der Waals surface area (Å²) in [7, 11) is 0. The van der Waals surface area contributed by atoms with Gasteiger partial charge in [-0.05, 0) is 18.9 Å². The third-order valence-electron chi connectivity index (χ3n) is 4.69. The number of aliphatic hydroxyl groups is 1. The minimum absolute atomic E-state index is 0.161. The van der Waals surface area contributed by atoms with Crippen molar-refractivity contribution in [2.45, 2.75) is 19.6 Å². The summed E-state index contributed by atoms with van der Waals surface area (Å²) in [6, 6.07) is 0. The maximum absolute atomic E-state index is 12.5. The lowest BCUT2D eigenvalue weighted by Crippen LogP contribution is -2.63. The Morgan fingerprint density at radius 1 is 1.50 bits per heavy atom. The highest BCUT2D eigenvalue weighted by Gasteiger charge is 2.64. The van der Waals surface area contributed by atoms with Crippen LogP contribution in [0.5, 0.6) is 0 Å². The predicted octanol–water partition coefficient (Wildman–Crippen LogP) is 0.832. The van der Waals surface area contributed by atoms with Crippen molar-refractivity contribution in [3.05, 3.63) is 24.3 Å². The second kappa shape index (κ2) is 4.27. The first-order chi connectivity index (χ1) is 9.45. The molecule has 108 valence electrons. The van der Waals surface area contributed by atoms with Gasteiger partial charge in [0.2, 0.25) is 11.6 Å². The zero-order chi connectivity index (χ0) is 14.5. The standard InChI is InChI=1S/C15H18O5/c1-3-19-13(17)14-6-7-15(18)12(16)11(14)10(8-20-15)5-4-9(14)2/h4-7,9-11,18H,3,8H2,1-2H3/t9-,10-,11?,14+,15-/m0/s1. The number of hydrogen-bond donors (Lipinski definition) is 1. The van der Waals surface area contributed by atoms with Crippen molar-refractivity contribution in [1.82, 2.24) is 0 Å². The van der Waals surface area contributed by atoms with Crippen LogP contribution >= 0.6 is 0 Å². The Kier molecular flexibility index (Phi) is 2.88. The Hall–Kier alpha value is -1.46. The van der Waals surface area contributed by atoms with Gasteiger partial charge in [-0.1, -0.05) is 25.2 Å². The summed E-state index contributed by atoms with van der Waals surface area (Å²) in [5, 5.41) is 10.2. The van der Waals surface area contributed by atoms with E-state index in [2.05, 4.69) is 0 Å². The third-order valence-corrected chi connectivity index (χ3v) is 4.69. The van der Waals surface area contributed by atoms with E-state index in [1.54, 1.807) is 13.0 Å². The molecule has 1 aliphatic heterocycles. The Morgan fingerprint density at radius 3 is 2.95 bits per heavy atom. The van der Waals surface area contributed by atoms with Crippen molar-refractivity contribution in [1.29, 1.82) is 0 Å². The normalized spacial score (nSPS) is 45.4. The molecule has 0 saturated carbocycles. The van der Waals surface area contributed by atoms with Gasteiger partial charge in [0.1, 0.15) is 5.41 Å². The third kappa shape index (κ3) is 1.50. The number of ketones is 1. The quantitative estimate of drug-likeness (QED) is 0.598. The van der Waals surface area contributed by atoms with Gasteiger partial charge in [-0.15, -0.1) is 0 Å². The first-order valence-electron chi connectivity index (χ1n) is 6.92. The van der Waals surface area contributed by atoms with Gasteiger partial charge in [-0.3, -0.25) is 9.59 Å². The average molecular weight is 278 g/mol. The van der Waals surface area contributed by atoms with E-state index in [1.807, 2.05) is 19.1 Å². The lowest BCUT2D eigenvalue weighted by Gasteiger charge is -2.52. The molecule has 0 aromatic rings. The number of carbonyl (C=O) groups excluding carboxylic acids is 2. The minimum Gasteiger partial charge on any atom is -0.465 e. The van der Waals surface area contributed by atoms with E-state index in [9.17, 15) is 14.7 Å². The molecule has 20 heavy (non-hydrogen) atoms. The minimum atomic E-state index is -1.89. The zero-order valence-corrected chi connectivity index (χ0v) is 11.5. The van der Waals surface area contributed by atoms with Gasteiger partial charge < -0.3 is 14.6 Å². The number of allylic oxidation sites excluding steroid dienone is 1. The Labute approximate surface area is 117 Å². The zero-order valence-electron chi connectivity index (χ0n) is 11.5. The van der Waals surface area contributed by atoms with Crippen LogP contribution in [0.25, 0.3) is 0 Å². The van der Waals surface area contributed by atoms with E-state index in [-0.39, 0.29) is 25.0 Å². The van der Waals surface area contributed by atoms with Crippen LogP contribution in [-0.2, 0) is 19.1 Å². The highest BCUT2D eigenvalue weighted by Crippen LogP contribution is 2.53. The van der Waals surface area contributed by atoms with Crippen molar-refractivity contribution >= 4 is 11.8 Å². The molecule has 2 aliphatic carbocycles. The highest BCUT2D eigenvalue weighted by molar-refractivity contribution is 5.99. The predicted molar refractivity (Wildman–Crippen MR) is 69.4 cm³/mol. The molecule has 0 aromatic carbocycles. The van der Waals surface area contributed by atoms with Crippen molar-refractivity contribution in [3.63, 3.8) is 0 Å². The van der Waals surface area contributed by atoms with Crippen LogP contribution in [0.3, 0.4) is 0 Å². The molecule has 0 amide bonds. The largest absolute Gasteiger partial charge is 0.465 e. The molecular weight excluding hydrogens is 260 g/mol. The number of esters is 1. The van der Waals surface area contributed by atoms with E-state index in [0.717, 1.165) is 0 Å². The molecule has 3 rings (SSSR count). The monoisotopic (exact) mass is 278 g/mol. The van der Waals surface area contributed by atoms with Crippen LogP contribution in [0.2, 0.25) is 0 Å². The van der Waals surface area contributed by atoms with Gasteiger partial charge in [0.25, 0.3) is 0 Å². The number of carbonyl (C=O) groups is 2. The molecule has 5 atom stereocenters. The summed E-state index contributed by atoms with van der Waals surface area (Å²) < 4.78 is 10.5. The molecule has 1 N–H and O–H groups in total. The van der Waals surface area contributed by atoms with E-state index in [1.165, 1.54) is 6.08 Å². The molecule has 5 heteroatoms. The lowest BCUT2D eigenvalue weighted by molar-refractivity contribution is -0.223. The second-order valence-corrected chi connectivity index (χ2v) is 5.67. The van der Waals surface area contributed by atoms with Crippen LogP contribution in [0.1, 0.15) is 13.8 Å². The van der Waals surface area contributed by atoms with Gasteiger partial charge in [-0.25, -0.2) is 0 Å². The molecule has 1 fully saturated rings. The van der Waals surface area contributed by atoms with Crippen molar-refractivity contribution in [3.8, 4) is 0 Å². The van der Waals surface area contributed by atoms with Gasteiger partial charge in [0.05, 0.1) is 19.1 Å². The highest BCUT2D eigenvalue weighted by atomic mass is 16.6. The van der Waals surface area contributed by atoms with Crippen LogP contribution in [0.4, 0.5) is 0 Å². The Morgan fingerprint density at radius 2 is 2.25 bits per heavy atom. The summed E-state index contributed by atoms with van der Waals surface area (Å²) in [5.74, 6) is -3.72. The first kappa shape index (κ1) is 13.5. The average Bonchev–Trinajstić information content (AvgIpc) is 2.41. The fourth-order valence-corrected chi connectivity index (χ4v) is 3.57. The molecule has 1 unspecified atom stereocenters. The topological polar surface area (TPSA) is 72.8 Å². The fraction of sp³-hybridized carbons (Fsp3) is 0.600. The van der Waals surface area contributed by atoms with Crippen LogP contribution < -0.4 is 0 Å². The van der Waals surface area contributed by atoms with Crippen LogP contribution in [0, 0.1) is 23.2 Å². The molecule has 2 bridgehead atoms. The summed E-state index contributed by atoms with van der Waals surface area (Å²) in [6.07, 6.45) is 6.74. The van der Waals surface area contributed by atoms with E-state index >= 15 is 0 Å². The molecule has 1 saturated heterocycles. The summed E-state index contributed by atoms with van der Waals surface area (Å²) >= 11 is 0. The van der Waals surface area contributed by atoms with Gasteiger partial charge in [0, 0.05) is 5.92 Å². The molecule has 0 radical (unpaired) electrons. The summed E-state index contributed by atoms with van der Waals surface area (Å²) in [4.78, 5) is 25.0. The summed E-state index contributed by atoms with van der Waals surface area (Å²) in [5.41, 5.74) is -1.03. The maximum Gasteiger partial charge on any atom is 0.317 e. The molecule has 5 nitrogen and oxygen atoms in total. The Bertz CT molecular complexity index is 522. The molecule has 1 heterocycles. The molecule has 0 aromatic heterocycles. The van der Waals surface area contributed by atoms with E-state index in [0.29, 0.717) is 0 Å². The smallest absolute Gasteiger partial charge is 0.317 e. The SMILES string of the molecule is CCOC(=O)[C@]12C=C[C@]3(O)OC[C@H](C=C[C@@H]1C)C2C3=O. The fourth-order valence-electron chi connectivity index (χ4n) is 3.57. The number of hydrogen-bond acceptors (Lipinski definition) is 5. The number of Topliss-reactive ketones (excluding diaryl/α,β-unsaturated/α-hetero) is 1. The molecular formula is C15H18O5. The number of rotatable bonds is 2. The lowest BCUT2D eigenvalue weighted by atomic mass is 9.54. The first-order valence-corrected chi connectivity index (χ1v) is 6.92. The van der Waals surface area contributed by atoms with E-state index in [4.69, 9.17) is 9.47 Å². The van der Waals surface area contributed by atoms with Crippen molar-refractivity contribution in [2.24, 2.45) is 23.2 Å². The second-order valence-electron chi connectivity index (χ2n) is 5.67. The van der Waals surface area contributed by atoms with Crippen LogP contribution in [0.15, 0.2) is 24.3 Å². The number of fused-ring (bicyclic) bond motifs is 1. The van der Waals surface area contributed by atoms with E-state index < -0.39 is 28.9 Å².